The van der Waals surface area contributed by atoms with Gasteiger partial charge in [-0.05, 0) is 40.1 Å². The molecule has 0 amide bonds. The Hall–Kier alpha value is -1.40. The number of pyridine rings is 1. The smallest absolute Gasteiger partial charge is 0.311 e. The third-order valence-electron chi connectivity index (χ3n) is 2.43. The molecular formula is C11H17ClN4O2. The molecule has 0 aliphatic heterocycles. The van der Waals surface area contributed by atoms with Crippen molar-refractivity contribution >= 4 is 23.1 Å². The maximum atomic E-state index is 10.9. The van der Waals surface area contributed by atoms with E-state index in [1.54, 1.807) is 0 Å². The van der Waals surface area contributed by atoms with Gasteiger partial charge in [0.1, 0.15) is 5.15 Å². The first-order chi connectivity index (χ1) is 8.40. The highest BCUT2D eigenvalue weighted by Crippen LogP contribution is 2.24. The van der Waals surface area contributed by atoms with Crippen molar-refractivity contribution in [2.45, 2.75) is 19.4 Å². The Bertz CT molecular complexity index is 426. The molecule has 0 aliphatic rings. The molecule has 18 heavy (non-hydrogen) atoms. The van der Waals surface area contributed by atoms with Crippen LogP contribution in [0.15, 0.2) is 12.1 Å². The molecule has 1 heterocycles. The molecule has 100 valence electrons. The van der Waals surface area contributed by atoms with Gasteiger partial charge in [-0.3, -0.25) is 10.1 Å². The van der Waals surface area contributed by atoms with Crippen LogP contribution in [0, 0.1) is 10.1 Å². The van der Waals surface area contributed by atoms with E-state index in [0.29, 0.717) is 0 Å². The fraction of sp³-hybridized carbons (Fsp3) is 0.545. The molecule has 0 fully saturated rings. The second-order valence-corrected chi connectivity index (χ2v) is 4.78. The van der Waals surface area contributed by atoms with Gasteiger partial charge >= 0.3 is 5.69 Å². The van der Waals surface area contributed by atoms with Crippen LogP contribution in [0.1, 0.15) is 13.3 Å². The summed E-state index contributed by atoms with van der Waals surface area (Å²) in [6.45, 7) is 2.85. The lowest BCUT2D eigenvalue weighted by Gasteiger charge is -2.17. The van der Waals surface area contributed by atoms with E-state index >= 15 is 0 Å². The first-order valence-corrected chi connectivity index (χ1v) is 6.00. The highest BCUT2D eigenvalue weighted by molar-refractivity contribution is 6.29. The van der Waals surface area contributed by atoms with E-state index in [1.807, 2.05) is 21.0 Å². The number of nitrogens with one attached hydrogen (secondary N) is 1. The molecule has 1 unspecified atom stereocenters. The van der Waals surface area contributed by atoms with E-state index in [9.17, 15) is 10.1 Å². The first kappa shape index (κ1) is 14.7. The van der Waals surface area contributed by atoms with Crippen LogP contribution in [0.3, 0.4) is 0 Å². The molecular weight excluding hydrogens is 256 g/mol. The molecule has 1 aromatic rings. The zero-order chi connectivity index (χ0) is 13.7. The van der Waals surface area contributed by atoms with Crippen molar-refractivity contribution in [2.24, 2.45) is 0 Å². The van der Waals surface area contributed by atoms with Crippen molar-refractivity contribution in [1.82, 2.24) is 9.88 Å². The molecule has 0 bridgehead atoms. The predicted octanol–water partition coefficient (Wildman–Crippen LogP) is 2.40. The Balaban J connectivity index is 2.76. The van der Waals surface area contributed by atoms with Crippen LogP contribution in [0.5, 0.6) is 0 Å². The third kappa shape index (κ3) is 4.46. The van der Waals surface area contributed by atoms with Gasteiger partial charge in [-0.2, -0.15) is 0 Å². The molecule has 7 heteroatoms. The third-order valence-corrected chi connectivity index (χ3v) is 2.64. The van der Waals surface area contributed by atoms with E-state index in [2.05, 4.69) is 15.2 Å². The van der Waals surface area contributed by atoms with Gasteiger partial charge in [-0.1, -0.05) is 11.6 Å². The van der Waals surface area contributed by atoms with Crippen LogP contribution in [0.2, 0.25) is 5.15 Å². The first-order valence-electron chi connectivity index (χ1n) is 5.62. The summed E-state index contributed by atoms with van der Waals surface area (Å²) in [5, 5.41) is 14.1. The Labute approximate surface area is 111 Å². The summed E-state index contributed by atoms with van der Waals surface area (Å²) in [4.78, 5) is 16.4. The lowest BCUT2D eigenvalue weighted by Crippen LogP contribution is -2.23. The normalized spacial score (nSPS) is 12.5. The fourth-order valence-electron chi connectivity index (χ4n) is 1.44. The maximum absolute atomic E-state index is 10.9. The number of hydrogen-bond donors (Lipinski definition) is 1. The SMILES string of the molecule is CC(CCN(C)C)Nc1nc(Cl)ccc1[N+](=O)[O-]. The van der Waals surface area contributed by atoms with Crippen molar-refractivity contribution in [3.05, 3.63) is 27.4 Å². The maximum Gasteiger partial charge on any atom is 0.311 e. The summed E-state index contributed by atoms with van der Waals surface area (Å²) in [6.07, 6.45) is 0.859. The lowest BCUT2D eigenvalue weighted by atomic mass is 10.2. The van der Waals surface area contributed by atoms with Gasteiger partial charge in [-0.15, -0.1) is 0 Å². The van der Waals surface area contributed by atoms with E-state index in [0.717, 1.165) is 13.0 Å². The number of halogens is 1. The van der Waals surface area contributed by atoms with E-state index < -0.39 is 4.92 Å². The topological polar surface area (TPSA) is 71.3 Å². The molecule has 6 nitrogen and oxygen atoms in total. The zero-order valence-corrected chi connectivity index (χ0v) is 11.4. The summed E-state index contributed by atoms with van der Waals surface area (Å²) in [5.74, 6) is 0.221. The van der Waals surface area contributed by atoms with Crippen LogP contribution in [0.4, 0.5) is 11.5 Å². The number of anilines is 1. The number of rotatable bonds is 6. The highest BCUT2D eigenvalue weighted by Gasteiger charge is 2.17. The van der Waals surface area contributed by atoms with Crippen LogP contribution in [-0.2, 0) is 0 Å². The van der Waals surface area contributed by atoms with E-state index in [-0.39, 0.29) is 22.7 Å². The van der Waals surface area contributed by atoms with Gasteiger partial charge in [0.25, 0.3) is 0 Å². The molecule has 0 aliphatic carbocycles. The quantitative estimate of drug-likeness (QED) is 0.489. The summed E-state index contributed by atoms with van der Waals surface area (Å²) < 4.78 is 0. The lowest BCUT2D eigenvalue weighted by molar-refractivity contribution is -0.384. The average Bonchev–Trinajstić information content (AvgIpc) is 2.26. The Kier molecular flexibility index (Phi) is 5.30. The molecule has 1 rings (SSSR count). The number of hydrogen-bond acceptors (Lipinski definition) is 5. The monoisotopic (exact) mass is 272 g/mol. The minimum absolute atomic E-state index is 0.0592. The Morgan fingerprint density at radius 2 is 2.22 bits per heavy atom. The van der Waals surface area contributed by atoms with E-state index in [4.69, 9.17) is 11.6 Å². The van der Waals surface area contributed by atoms with Crippen LogP contribution >= 0.6 is 11.6 Å². The minimum Gasteiger partial charge on any atom is -0.362 e. The van der Waals surface area contributed by atoms with Crippen LogP contribution in [-0.4, -0.2) is 41.5 Å². The summed E-state index contributed by atoms with van der Waals surface area (Å²) in [5.41, 5.74) is -0.0592. The molecule has 0 aromatic carbocycles. The van der Waals surface area contributed by atoms with Crippen LogP contribution in [0.25, 0.3) is 0 Å². The van der Waals surface area contributed by atoms with Gasteiger partial charge in [0, 0.05) is 12.1 Å². The Morgan fingerprint density at radius 3 is 2.78 bits per heavy atom. The molecule has 0 spiro atoms. The molecule has 1 N–H and O–H groups in total. The number of aromatic nitrogens is 1. The molecule has 0 radical (unpaired) electrons. The number of nitro groups is 1. The second-order valence-electron chi connectivity index (χ2n) is 4.40. The van der Waals surface area contributed by atoms with E-state index in [1.165, 1.54) is 12.1 Å². The van der Waals surface area contributed by atoms with Gasteiger partial charge < -0.3 is 10.2 Å². The summed E-state index contributed by atoms with van der Waals surface area (Å²) >= 11 is 5.75. The van der Waals surface area contributed by atoms with Crippen molar-refractivity contribution < 1.29 is 4.92 Å². The standard InChI is InChI=1S/C11H17ClN4O2/c1-8(6-7-15(2)3)13-11-9(16(17)18)4-5-10(12)14-11/h4-5,8H,6-7H2,1-3H3,(H,13,14). The van der Waals surface area contributed by atoms with Crippen molar-refractivity contribution in [1.29, 1.82) is 0 Å². The zero-order valence-electron chi connectivity index (χ0n) is 10.7. The average molecular weight is 273 g/mol. The molecule has 0 saturated carbocycles. The second kappa shape index (κ2) is 6.51. The van der Waals surface area contributed by atoms with Crippen molar-refractivity contribution in [3.8, 4) is 0 Å². The molecule has 0 saturated heterocycles. The predicted molar refractivity (Wildman–Crippen MR) is 72.2 cm³/mol. The van der Waals surface area contributed by atoms with Crippen molar-refractivity contribution in [2.75, 3.05) is 26.0 Å². The summed E-state index contributed by atoms with van der Waals surface area (Å²) in [7, 11) is 3.96. The van der Waals surface area contributed by atoms with Crippen LogP contribution < -0.4 is 5.32 Å². The van der Waals surface area contributed by atoms with Gasteiger partial charge in [0.2, 0.25) is 5.82 Å². The minimum atomic E-state index is -0.468. The Morgan fingerprint density at radius 1 is 1.56 bits per heavy atom. The highest BCUT2D eigenvalue weighted by atomic mass is 35.5. The molecule has 1 aromatic heterocycles. The van der Waals surface area contributed by atoms with Gasteiger partial charge in [0.15, 0.2) is 0 Å². The number of nitrogens with zero attached hydrogens (tertiary/aromatic N) is 3. The van der Waals surface area contributed by atoms with Gasteiger partial charge in [-0.25, -0.2) is 4.98 Å². The van der Waals surface area contributed by atoms with Crippen molar-refractivity contribution in [3.63, 3.8) is 0 Å². The fourth-order valence-corrected chi connectivity index (χ4v) is 1.59. The largest absolute Gasteiger partial charge is 0.362 e. The molecule has 1 atom stereocenters. The summed E-state index contributed by atoms with van der Waals surface area (Å²) in [6, 6.07) is 2.85. The van der Waals surface area contributed by atoms with Gasteiger partial charge in [0.05, 0.1) is 4.92 Å².